The molecule has 2 saturated carbocycles. The van der Waals surface area contributed by atoms with Crippen molar-refractivity contribution in [1.29, 1.82) is 0 Å². The van der Waals surface area contributed by atoms with E-state index in [1.165, 1.54) is 95.0 Å². The molecular weight excluding hydrogens is 834 g/mol. The number of amides is 1. The molecular formula is C36H52N4O8S4Y+. The number of carbonyl (C=O) groups is 1. The van der Waals surface area contributed by atoms with Gasteiger partial charge in [-0.15, -0.1) is 0 Å². The second-order valence-electron chi connectivity index (χ2n) is 16.1. The molecule has 0 bridgehead atoms. The minimum atomic E-state index is -4.69. The van der Waals surface area contributed by atoms with Crippen LogP contribution in [0.5, 0.6) is 0 Å². The molecule has 12 nitrogen and oxygen atoms in total. The summed E-state index contributed by atoms with van der Waals surface area (Å²) in [5, 5.41) is -0.535. The quantitative estimate of drug-likeness (QED) is 0.180. The molecule has 7 aliphatic rings. The van der Waals surface area contributed by atoms with Gasteiger partial charge in [0.15, 0.2) is 9.84 Å². The van der Waals surface area contributed by atoms with E-state index >= 15 is 0 Å². The number of nitrogens with zero attached hydrogens (tertiary/aromatic N) is 2. The Bertz CT molecular complexity index is 1750. The molecule has 0 spiro atoms. The Morgan fingerprint density at radius 1 is 1.02 bits per heavy atom. The number of ether oxygens (including phenoxy) is 1. The van der Waals surface area contributed by atoms with Gasteiger partial charge < -0.3 is 41.5 Å². The van der Waals surface area contributed by atoms with Crippen molar-refractivity contribution in [3.05, 3.63) is 29.3 Å². The summed E-state index contributed by atoms with van der Waals surface area (Å²) in [7, 11) is -8.51. The Hall–Kier alpha value is -0.556. The molecule has 2 aliphatic carbocycles. The summed E-state index contributed by atoms with van der Waals surface area (Å²) in [6, 6.07) is 5.59. The van der Waals surface area contributed by atoms with Gasteiger partial charge in [0.25, 0.3) is 10.1 Å². The van der Waals surface area contributed by atoms with E-state index in [1.807, 2.05) is 0 Å². The van der Waals surface area contributed by atoms with E-state index < -0.39 is 25.0 Å². The van der Waals surface area contributed by atoms with Crippen LogP contribution in [0.25, 0.3) is 0 Å². The fraction of sp³-hybridized carbons (Fsp3) is 0.750. The van der Waals surface area contributed by atoms with Gasteiger partial charge in [-0.2, -0.15) is 26.4 Å². The Morgan fingerprint density at radius 3 is 2.30 bits per heavy atom. The summed E-state index contributed by atoms with van der Waals surface area (Å²) in [4.78, 5) is 22.6. The molecule has 53 heavy (non-hydrogen) atoms. The molecule has 1 aromatic heterocycles. The Balaban J connectivity index is 0.000000428. The van der Waals surface area contributed by atoms with Gasteiger partial charge in [-0.05, 0) is 106 Å². The first-order valence-electron chi connectivity index (χ1n) is 18.9. The number of quaternary nitrogens is 1. The first-order valence-corrected chi connectivity index (χ1v) is 23.4. The molecule has 12 atom stereocenters. The molecule has 4 N–H and O–H groups in total. The summed E-state index contributed by atoms with van der Waals surface area (Å²) < 4.78 is 71.3. The molecule has 6 heterocycles. The van der Waals surface area contributed by atoms with Crippen LogP contribution in [0, 0.1) is 35.5 Å². The van der Waals surface area contributed by atoms with E-state index in [4.69, 9.17) is 22.2 Å². The SMILES string of the molecule is CC(=O)n1[cH-]s1.N[C-]=O.O=S(=O)(O)c1cc(S(=O)(=O)C[S-])ccc1C1C2CC3CCC[NH+]4CCCC(C2OC2C1CC1CCCC5CCCN2C51)C34.[Y+3]. The Kier molecular flexibility index (Phi) is 13.6. The van der Waals surface area contributed by atoms with E-state index in [0.29, 0.717) is 41.3 Å². The van der Waals surface area contributed by atoms with Gasteiger partial charge in [0.05, 0.1) is 40.9 Å². The van der Waals surface area contributed by atoms with Crippen molar-refractivity contribution in [3.63, 3.8) is 0 Å². The molecule has 9 rings (SSSR count). The monoisotopic (exact) mass is 885 g/mol. The van der Waals surface area contributed by atoms with Gasteiger partial charge in [0.2, 0.25) is 0 Å². The topological polar surface area (TPSA) is 171 Å². The zero-order valence-corrected chi connectivity index (χ0v) is 36.4. The summed E-state index contributed by atoms with van der Waals surface area (Å²) in [5.41, 5.74) is 6.40. The van der Waals surface area contributed by atoms with Crippen molar-refractivity contribution in [2.75, 3.05) is 24.7 Å². The van der Waals surface area contributed by atoms with E-state index in [9.17, 15) is 26.2 Å². The number of piperidine rings is 4. The fourth-order valence-corrected chi connectivity index (χ4v) is 14.3. The second kappa shape index (κ2) is 17.1. The smallest absolute Gasteiger partial charge is 0.777 e. The van der Waals surface area contributed by atoms with Crippen molar-refractivity contribution in [2.45, 2.75) is 118 Å². The Labute approximate surface area is 348 Å². The van der Waals surface area contributed by atoms with Crippen LogP contribution in [0.4, 0.5) is 0 Å². The zero-order chi connectivity index (χ0) is 36.9. The minimum absolute atomic E-state index is 0. The van der Waals surface area contributed by atoms with Crippen LogP contribution in [-0.2, 0) is 74.8 Å². The number of nitrogens with two attached hydrogens (primary N) is 1. The van der Waals surface area contributed by atoms with Gasteiger partial charge in [-0.1, -0.05) is 30.0 Å². The minimum Gasteiger partial charge on any atom is -0.777 e. The van der Waals surface area contributed by atoms with Gasteiger partial charge in [0.1, 0.15) is 6.23 Å². The number of hydrogen-bond acceptors (Lipinski definition) is 10. The predicted molar refractivity (Wildman–Crippen MR) is 198 cm³/mol. The zero-order valence-electron chi connectivity index (χ0n) is 30.3. The molecule has 1 aromatic carbocycles. The first kappa shape index (κ1) is 42.1. The summed E-state index contributed by atoms with van der Waals surface area (Å²) in [5.74, 6) is 2.58. The number of benzene rings is 1. The summed E-state index contributed by atoms with van der Waals surface area (Å²) in [6.45, 7) is 5.05. The Morgan fingerprint density at radius 2 is 1.66 bits per heavy atom. The molecule has 17 heteroatoms. The van der Waals surface area contributed by atoms with Crippen LogP contribution in [0.1, 0.15) is 93.8 Å². The number of fused-ring (bicyclic) bond motifs is 4. The molecule has 12 unspecified atom stereocenters. The van der Waals surface area contributed by atoms with Crippen LogP contribution < -0.4 is 10.6 Å². The average Bonchev–Trinajstić information content (AvgIpc) is 3.98. The van der Waals surface area contributed by atoms with Crippen molar-refractivity contribution in [3.8, 4) is 0 Å². The third-order valence-electron chi connectivity index (χ3n) is 13.6. The number of sulfone groups is 1. The number of nitrogens with one attached hydrogen (secondary N) is 1. The number of carbonyl (C=O) groups excluding carboxylic acids is 2. The molecule has 1 amide bonds. The van der Waals surface area contributed by atoms with E-state index in [-0.39, 0.29) is 78.5 Å². The van der Waals surface area contributed by atoms with Crippen molar-refractivity contribution >= 4 is 56.4 Å². The third kappa shape index (κ3) is 8.39. The van der Waals surface area contributed by atoms with E-state index in [1.54, 1.807) is 20.4 Å². The van der Waals surface area contributed by atoms with E-state index in [2.05, 4.69) is 10.6 Å². The molecule has 5 saturated heterocycles. The second-order valence-corrected chi connectivity index (χ2v) is 21.0. The fourth-order valence-electron chi connectivity index (χ4n) is 12.0. The third-order valence-corrected chi connectivity index (χ3v) is 17.4. The van der Waals surface area contributed by atoms with Crippen LogP contribution in [0.2, 0.25) is 0 Å². The molecule has 290 valence electrons. The largest absolute Gasteiger partial charge is 3.00 e. The number of rotatable bonds is 4. The standard InChI is InChI=1S/C32H46N2O6S3.C3H4NOS.CH2NO.Y/c35-42(36,18-41)22-10-11-23(27(17-22)43(37,38)39)28-25-15-21-8-2-12-33-13-4-9-24(30(21)33)31(25)40-32-26(28)16-20-6-1-5-19-7-3-14-34(32)29(19)20;1-3(5)4-2-6-4;2-1-3;/h10-11,17,19-21,24-26,28-32,41H,1-9,12-16,18H2,(H,37,38,39);2H,1H3;(H2,2,3);/q;2*-1;+3. The van der Waals surface area contributed by atoms with E-state index in [0.717, 1.165) is 32.2 Å². The van der Waals surface area contributed by atoms with Gasteiger partial charge in [-0.3, -0.25) is 9.45 Å². The van der Waals surface area contributed by atoms with Crippen LogP contribution in [-0.4, -0.2) is 91.7 Å². The molecule has 7 fully saturated rings. The maximum atomic E-state index is 13.1. The maximum Gasteiger partial charge on any atom is 3.00 e. The van der Waals surface area contributed by atoms with Crippen molar-refractivity contribution < 1.29 is 73.3 Å². The van der Waals surface area contributed by atoms with Crippen molar-refractivity contribution in [2.24, 2.45) is 41.2 Å². The van der Waals surface area contributed by atoms with Crippen LogP contribution in [0.3, 0.4) is 0 Å². The van der Waals surface area contributed by atoms with Gasteiger partial charge >= 0.3 is 32.7 Å². The summed E-state index contributed by atoms with van der Waals surface area (Å²) >= 11 is 6.32. The first-order chi connectivity index (χ1) is 24.9. The predicted octanol–water partition coefficient (Wildman–Crippen LogP) is 2.95. The van der Waals surface area contributed by atoms with Gasteiger partial charge in [-0.25, -0.2) is 8.42 Å². The van der Waals surface area contributed by atoms with Gasteiger partial charge in [0, 0.05) is 30.3 Å². The maximum absolute atomic E-state index is 13.1. The van der Waals surface area contributed by atoms with Crippen LogP contribution in [0.15, 0.2) is 33.5 Å². The summed E-state index contributed by atoms with van der Waals surface area (Å²) in [6.07, 6.45) is 14.0. The normalized spacial score (nSPS) is 37.3. The molecule has 2 aromatic rings. The number of hydrogen-bond donors (Lipinski definition) is 3. The average molecular weight is 886 g/mol. The molecule has 5 aliphatic heterocycles. The molecule has 0 radical (unpaired) electrons. The number of primary amides is 1. The number of aromatic nitrogens is 1. The van der Waals surface area contributed by atoms with Crippen molar-refractivity contribution in [1.82, 2.24) is 8.86 Å². The van der Waals surface area contributed by atoms with Crippen LogP contribution >= 0.6 is 11.5 Å².